The summed E-state index contributed by atoms with van der Waals surface area (Å²) in [5, 5.41) is 28.1. The maximum absolute atomic E-state index is 12.8. The van der Waals surface area contributed by atoms with Gasteiger partial charge in [0.05, 0.1) is 11.8 Å². The number of aromatic nitrogens is 3. The first kappa shape index (κ1) is 28.0. The summed E-state index contributed by atoms with van der Waals surface area (Å²) in [5.74, 6) is -0.0892. The van der Waals surface area contributed by atoms with Crippen LogP contribution >= 0.6 is 0 Å². The number of nitrogens with zero attached hydrogens (tertiary/aromatic N) is 4. The number of aliphatic hydroxyl groups excluding tert-OH is 1. The van der Waals surface area contributed by atoms with Gasteiger partial charge in [0.25, 0.3) is 5.91 Å². The minimum atomic E-state index is -1.73. The molecule has 2 N–H and O–H groups in total. The average molecular weight is 528 g/mol. The van der Waals surface area contributed by atoms with E-state index in [4.69, 9.17) is 14.2 Å². The van der Waals surface area contributed by atoms with E-state index >= 15 is 0 Å². The maximum Gasteiger partial charge on any atom is 0.306 e. The van der Waals surface area contributed by atoms with E-state index in [1.54, 1.807) is 32.9 Å². The van der Waals surface area contributed by atoms with Crippen molar-refractivity contribution in [2.45, 2.75) is 95.5 Å². The summed E-state index contributed by atoms with van der Waals surface area (Å²) < 4.78 is 18.5. The van der Waals surface area contributed by atoms with E-state index in [0.717, 1.165) is 25.7 Å². The molecule has 3 atom stereocenters. The van der Waals surface area contributed by atoms with E-state index in [2.05, 4.69) is 21.5 Å². The first-order valence-corrected chi connectivity index (χ1v) is 13.4. The van der Waals surface area contributed by atoms with Crippen LogP contribution in [-0.4, -0.2) is 62.6 Å². The average Bonchev–Trinajstić information content (AvgIpc) is 3.36. The van der Waals surface area contributed by atoms with Crippen LogP contribution in [0.15, 0.2) is 18.5 Å². The van der Waals surface area contributed by atoms with E-state index in [0.29, 0.717) is 24.5 Å². The normalized spacial score (nSPS) is 24.6. The number of aliphatic hydroxyl groups is 1. The molecule has 4 rings (SSSR count). The number of carbonyl (C=O) groups is 2. The van der Waals surface area contributed by atoms with Gasteiger partial charge in [0.2, 0.25) is 5.60 Å². The number of ether oxygens (including phenoxy) is 3. The number of nitriles is 1. The Kier molecular flexibility index (Phi) is 8.65. The fourth-order valence-electron chi connectivity index (χ4n) is 5.34. The summed E-state index contributed by atoms with van der Waals surface area (Å²) in [6, 6.07) is 5.37. The topological polar surface area (TPSA) is 148 Å². The summed E-state index contributed by atoms with van der Waals surface area (Å²) in [6.07, 6.45) is 6.72. The minimum Gasteiger partial charge on any atom is -0.463 e. The van der Waals surface area contributed by atoms with Crippen molar-refractivity contribution in [3.8, 4) is 6.07 Å². The van der Waals surface area contributed by atoms with Crippen molar-refractivity contribution in [2.75, 3.05) is 18.5 Å². The molecular weight excluding hydrogens is 490 g/mol. The third-order valence-electron chi connectivity index (χ3n) is 7.45. The number of anilines is 1. The van der Waals surface area contributed by atoms with Crippen LogP contribution in [0.1, 0.15) is 77.8 Å². The number of hydrogen-bond donors (Lipinski definition) is 2. The monoisotopic (exact) mass is 527 g/mol. The highest BCUT2D eigenvalue weighted by Gasteiger charge is 2.52. The van der Waals surface area contributed by atoms with Crippen molar-refractivity contribution < 1.29 is 28.9 Å². The zero-order chi connectivity index (χ0) is 27.3. The van der Waals surface area contributed by atoms with Gasteiger partial charge in [0, 0.05) is 19.4 Å². The van der Waals surface area contributed by atoms with Gasteiger partial charge in [-0.15, -0.1) is 0 Å². The van der Waals surface area contributed by atoms with E-state index in [1.807, 2.05) is 0 Å². The minimum absolute atomic E-state index is 0.0435. The Morgan fingerprint density at radius 3 is 2.71 bits per heavy atom. The predicted octanol–water partition coefficient (Wildman–Crippen LogP) is 3.26. The zero-order valence-corrected chi connectivity index (χ0v) is 22.3. The largest absolute Gasteiger partial charge is 0.463 e. The molecule has 0 bridgehead atoms. The molecule has 2 aromatic heterocycles. The Morgan fingerprint density at radius 1 is 1.29 bits per heavy atom. The molecule has 206 valence electrons. The number of rotatable bonds is 9. The highest BCUT2D eigenvalue weighted by Crippen LogP contribution is 2.40. The predicted molar refractivity (Wildman–Crippen MR) is 137 cm³/mol. The van der Waals surface area contributed by atoms with E-state index < -0.39 is 23.4 Å². The Morgan fingerprint density at radius 2 is 2.03 bits per heavy atom. The molecule has 2 fully saturated rings. The third kappa shape index (κ3) is 5.82. The van der Waals surface area contributed by atoms with Crippen molar-refractivity contribution in [3.05, 3.63) is 24.2 Å². The molecule has 11 heteroatoms. The Balaban J connectivity index is 1.47. The molecule has 1 aliphatic heterocycles. The first-order valence-electron chi connectivity index (χ1n) is 13.4. The van der Waals surface area contributed by atoms with Gasteiger partial charge in [-0.05, 0) is 51.7 Å². The van der Waals surface area contributed by atoms with Crippen molar-refractivity contribution >= 4 is 23.2 Å². The van der Waals surface area contributed by atoms with Crippen LogP contribution in [0.2, 0.25) is 0 Å². The van der Waals surface area contributed by atoms with Crippen LogP contribution in [0.4, 0.5) is 5.82 Å². The lowest BCUT2D eigenvalue weighted by Gasteiger charge is -2.25. The van der Waals surface area contributed by atoms with Crippen LogP contribution in [0.25, 0.3) is 5.52 Å². The van der Waals surface area contributed by atoms with Gasteiger partial charge in [-0.1, -0.05) is 25.7 Å². The third-order valence-corrected chi connectivity index (χ3v) is 7.45. The molecule has 0 spiro atoms. The van der Waals surface area contributed by atoms with E-state index in [9.17, 15) is 20.0 Å². The van der Waals surface area contributed by atoms with Crippen LogP contribution in [0.5, 0.6) is 0 Å². The van der Waals surface area contributed by atoms with Crippen LogP contribution in [0, 0.1) is 17.2 Å². The quantitative estimate of drug-likeness (QED) is 0.370. The van der Waals surface area contributed by atoms with Gasteiger partial charge in [-0.2, -0.15) is 10.4 Å². The van der Waals surface area contributed by atoms with Gasteiger partial charge >= 0.3 is 5.97 Å². The van der Waals surface area contributed by atoms with Gasteiger partial charge in [0.1, 0.15) is 36.2 Å². The number of hydrogen-bond acceptors (Lipinski definition) is 9. The molecule has 1 saturated heterocycles. The molecule has 1 aliphatic carbocycles. The second-order valence-corrected chi connectivity index (χ2v) is 10.6. The second-order valence-electron chi connectivity index (χ2n) is 10.6. The Bertz CT molecular complexity index is 1180. The number of carbonyl (C=O) groups excluding carboxylic acids is 2. The van der Waals surface area contributed by atoms with Gasteiger partial charge < -0.3 is 24.6 Å². The molecule has 1 amide bonds. The maximum atomic E-state index is 12.8. The lowest BCUT2D eigenvalue weighted by Crippen LogP contribution is -2.40. The summed E-state index contributed by atoms with van der Waals surface area (Å²) >= 11 is 0. The summed E-state index contributed by atoms with van der Waals surface area (Å²) in [6.45, 7) is 5.44. The molecule has 38 heavy (non-hydrogen) atoms. The molecule has 3 heterocycles. The fraction of sp³-hybridized carbons (Fsp3) is 0.667. The number of nitrogens with one attached hydrogen (secondary N) is 1. The molecule has 2 aliphatic rings. The number of esters is 1. The molecule has 11 nitrogen and oxygen atoms in total. The molecule has 0 aromatic carbocycles. The number of amides is 1. The fourth-order valence-corrected chi connectivity index (χ4v) is 5.34. The molecule has 0 radical (unpaired) electrons. The van der Waals surface area contributed by atoms with Crippen LogP contribution in [0.3, 0.4) is 0 Å². The summed E-state index contributed by atoms with van der Waals surface area (Å²) in [4.78, 5) is 29.4. The lowest BCUT2D eigenvalue weighted by molar-refractivity contribution is -0.150. The van der Waals surface area contributed by atoms with Gasteiger partial charge in [-0.25, -0.2) is 9.50 Å². The standard InChI is InChI=1S/C27H37N5O6/c1-4-37-26(2,3)25(35)31-24-20-11-12-21(32(20)30-17-29-24)27(16-28)22(33)14-19(38-27)15-36-23(34)13-18-9-7-5-6-8-10-18/h11-12,17-19,22,33H,4-10,13-15H2,1-3H3,(H,29,30,31,35)/t19-,22-,27+/m1/s1. The van der Waals surface area contributed by atoms with Crippen LogP contribution in [-0.2, 0) is 29.4 Å². The highest BCUT2D eigenvalue weighted by atomic mass is 16.6. The number of fused-ring (bicyclic) bond motifs is 1. The Hall–Kier alpha value is -3.07. The van der Waals surface area contributed by atoms with Crippen molar-refractivity contribution in [3.63, 3.8) is 0 Å². The highest BCUT2D eigenvalue weighted by molar-refractivity contribution is 5.98. The second kappa shape index (κ2) is 11.8. The Labute approximate surface area is 222 Å². The molecule has 2 aromatic rings. The van der Waals surface area contributed by atoms with Crippen molar-refractivity contribution in [1.82, 2.24) is 14.6 Å². The zero-order valence-electron chi connectivity index (χ0n) is 22.3. The van der Waals surface area contributed by atoms with Gasteiger partial charge in [0.15, 0.2) is 5.82 Å². The van der Waals surface area contributed by atoms with E-state index in [-0.39, 0.29) is 36.4 Å². The van der Waals surface area contributed by atoms with E-state index in [1.165, 1.54) is 23.7 Å². The van der Waals surface area contributed by atoms with Crippen molar-refractivity contribution in [2.24, 2.45) is 5.92 Å². The molecule has 1 saturated carbocycles. The van der Waals surface area contributed by atoms with Crippen LogP contribution < -0.4 is 5.32 Å². The lowest BCUT2D eigenvalue weighted by atomic mass is 9.94. The summed E-state index contributed by atoms with van der Waals surface area (Å²) in [7, 11) is 0. The SMILES string of the molecule is CCOC(C)(C)C(=O)Nc1ncnn2c([C@]3(C#N)O[C@@H](COC(=O)CC4CCCCCC4)C[C@H]3O)ccc12. The van der Waals surface area contributed by atoms with Gasteiger partial charge in [-0.3, -0.25) is 9.59 Å². The smallest absolute Gasteiger partial charge is 0.306 e. The molecular formula is C27H37N5O6. The first-order chi connectivity index (χ1) is 18.2. The molecule has 0 unspecified atom stereocenters. The van der Waals surface area contributed by atoms with Crippen molar-refractivity contribution in [1.29, 1.82) is 5.26 Å². The summed E-state index contributed by atoms with van der Waals surface area (Å²) in [5.41, 5.74) is -2.10.